The normalized spacial score (nSPS) is 15.4. The lowest BCUT2D eigenvalue weighted by atomic mass is 9.64. The lowest BCUT2D eigenvalue weighted by Gasteiger charge is -2.40. The third-order valence-electron chi connectivity index (χ3n) is 5.00. The molecule has 4 rings (SSSR count). The minimum absolute atomic E-state index is 0.0692. The van der Waals surface area contributed by atoms with Gasteiger partial charge in [0, 0.05) is 23.8 Å². The molecule has 0 radical (unpaired) electrons. The Morgan fingerprint density at radius 1 is 1.12 bits per heavy atom. The lowest BCUT2D eigenvalue weighted by molar-refractivity contribution is -0.124. The molecule has 0 unspecified atom stereocenters. The number of nitrogens with one attached hydrogen (secondary N) is 2. The van der Waals surface area contributed by atoms with E-state index in [0.29, 0.717) is 4.77 Å². The fourth-order valence-corrected chi connectivity index (χ4v) is 3.68. The highest BCUT2D eigenvalue weighted by atomic mass is 32.1. The second-order valence-corrected chi connectivity index (χ2v) is 6.83. The van der Waals surface area contributed by atoms with Crippen molar-refractivity contribution in [1.29, 1.82) is 0 Å². The van der Waals surface area contributed by atoms with Crippen LogP contribution in [-0.4, -0.2) is 15.5 Å². The highest BCUT2D eigenvalue weighted by Gasteiger charge is 2.45. The number of carbonyl (C=O) groups is 1. The quantitative estimate of drug-likeness (QED) is 0.677. The van der Waals surface area contributed by atoms with Crippen LogP contribution >= 0.6 is 12.2 Å². The molecule has 1 saturated carbocycles. The van der Waals surface area contributed by atoms with Gasteiger partial charge in [-0.25, -0.2) is 0 Å². The van der Waals surface area contributed by atoms with Crippen molar-refractivity contribution in [3.8, 4) is 5.69 Å². The highest BCUT2D eigenvalue weighted by Crippen LogP contribution is 2.44. The first kappa shape index (κ1) is 15.8. The zero-order valence-corrected chi connectivity index (χ0v) is 14.6. The Bertz CT molecular complexity index is 954. The van der Waals surface area contributed by atoms with Gasteiger partial charge in [-0.05, 0) is 48.8 Å². The van der Waals surface area contributed by atoms with Crippen molar-refractivity contribution in [3.63, 3.8) is 0 Å². The van der Waals surface area contributed by atoms with Crippen molar-refractivity contribution in [2.45, 2.75) is 24.7 Å². The van der Waals surface area contributed by atoms with E-state index in [2.05, 4.69) is 10.3 Å². The number of aromatic nitrogens is 2. The minimum atomic E-state index is -0.401. The molecule has 1 amide bonds. The first-order valence-electron chi connectivity index (χ1n) is 8.42. The Hall–Kier alpha value is -2.66. The molecule has 126 valence electrons. The van der Waals surface area contributed by atoms with Gasteiger partial charge in [0.15, 0.2) is 4.77 Å². The second kappa shape index (κ2) is 6.33. The molecule has 5 heteroatoms. The van der Waals surface area contributed by atoms with Crippen molar-refractivity contribution in [2.24, 2.45) is 0 Å². The van der Waals surface area contributed by atoms with Gasteiger partial charge in [0.2, 0.25) is 5.91 Å². The summed E-state index contributed by atoms with van der Waals surface area (Å²) < 4.78 is 2.50. The van der Waals surface area contributed by atoms with E-state index in [1.54, 1.807) is 6.20 Å². The number of rotatable bonds is 4. The SMILES string of the molecule is O=C(Nc1cccc(-n2cc[nH]c2=S)c1)C1(c2ccccc2)CCC1. The van der Waals surface area contributed by atoms with Gasteiger partial charge in [-0.3, -0.25) is 9.36 Å². The van der Waals surface area contributed by atoms with Crippen LogP contribution in [0, 0.1) is 4.77 Å². The number of hydrogen-bond acceptors (Lipinski definition) is 2. The van der Waals surface area contributed by atoms with Crippen molar-refractivity contribution in [2.75, 3.05) is 5.32 Å². The van der Waals surface area contributed by atoms with Gasteiger partial charge in [0.25, 0.3) is 0 Å². The number of aromatic amines is 1. The van der Waals surface area contributed by atoms with Crippen LogP contribution in [0.5, 0.6) is 0 Å². The molecule has 0 saturated heterocycles. The van der Waals surface area contributed by atoms with Gasteiger partial charge in [-0.2, -0.15) is 0 Å². The molecule has 2 N–H and O–H groups in total. The molecule has 1 fully saturated rings. The number of H-pyrrole nitrogens is 1. The molecule has 2 aromatic carbocycles. The van der Waals surface area contributed by atoms with E-state index >= 15 is 0 Å². The monoisotopic (exact) mass is 349 g/mol. The predicted octanol–water partition coefficient (Wildman–Crippen LogP) is 4.60. The van der Waals surface area contributed by atoms with Crippen molar-refractivity contribution in [1.82, 2.24) is 9.55 Å². The van der Waals surface area contributed by atoms with Crippen LogP contribution in [0.4, 0.5) is 5.69 Å². The Morgan fingerprint density at radius 3 is 2.56 bits per heavy atom. The summed E-state index contributed by atoms with van der Waals surface area (Å²) in [6.07, 6.45) is 6.55. The molecule has 1 aliphatic carbocycles. The van der Waals surface area contributed by atoms with Crippen LogP contribution in [0.1, 0.15) is 24.8 Å². The van der Waals surface area contributed by atoms with Crippen molar-refractivity contribution >= 4 is 23.8 Å². The fourth-order valence-electron chi connectivity index (χ4n) is 3.44. The molecule has 1 aliphatic rings. The Labute approximate surface area is 151 Å². The number of nitrogens with zero attached hydrogens (tertiary/aromatic N) is 1. The Morgan fingerprint density at radius 2 is 1.92 bits per heavy atom. The minimum Gasteiger partial charge on any atom is -0.337 e. The average Bonchev–Trinajstić information content (AvgIpc) is 3.01. The molecule has 0 aliphatic heterocycles. The summed E-state index contributed by atoms with van der Waals surface area (Å²) in [5.41, 5.74) is 2.41. The van der Waals surface area contributed by atoms with Gasteiger partial charge < -0.3 is 10.3 Å². The summed E-state index contributed by atoms with van der Waals surface area (Å²) in [5, 5.41) is 3.11. The van der Waals surface area contributed by atoms with E-state index in [9.17, 15) is 4.79 Å². The van der Waals surface area contributed by atoms with Crippen LogP contribution < -0.4 is 5.32 Å². The molecule has 0 atom stereocenters. The average molecular weight is 349 g/mol. The lowest BCUT2D eigenvalue weighted by Crippen LogP contribution is -2.45. The topological polar surface area (TPSA) is 49.8 Å². The van der Waals surface area contributed by atoms with Gasteiger partial charge >= 0.3 is 0 Å². The third kappa shape index (κ3) is 2.81. The Kier molecular flexibility index (Phi) is 4.01. The van der Waals surface area contributed by atoms with Crippen molar-refractivity contribution in [3.05, 3.63) is 77.3 Å². The van der Waals surface area contributed by atoms with Crippen LogP contribution in [0.25, 0.3) is 5.69 Å². The zero-order chi connectivity index (χ0) is 17.3. The van der Waals surface area contributed by atoms with E-state index in [1.165, 1.54) is 0 Å². The first-order valence-corrected chi connectivity index (χ1v) is 8.83. The van der Waals surface area contributed by atoms with Crippen molar-refractivity contribution < 1.29 is 4.79 Å². The summed E-state index contributed by atoms with van der Waals surface area (Å²) in [5.74, 6) is 0.0692. The first-order chi connectivity index (χ1) is 12.2. The maximum Gasteiger partial charge on any atom is 0.235 e. The van der Waals surface area contributed by atoms with Crippen LogP contribution in [0.15, 0.2) is 67.0 Å². The van der Waals surface area contributed by atoms with E-state index in [4.69, 9.17) is 12.2 Å². The second-order valence-electron chi connectivity index (χ2n) is 6.44. The highest BCUT2D eigenvalue weighted by molar-refractivity contribution is 7.71. The van der Waals surface area contributed by atoms with E-state index in [0.717, 1.165) is 36.2 Å². The van der Waals surface area contributed by atoms with Gasteiger partial charge in [-0.15, -0.1) is 0 Å². The molecule has 1 aromatic heterocycles. The molecular weight excluding hydrogens is 330 g/mol. The summed E-state index contributed by atoms with van der Waals surface area (Å²) in [6.45, 7) is 0. The zero-order valence-electron chi connectivity index (χ0n) is 13.7. The number of amides is 1. The predicted molar refractivity (Wildman–Crippen MR) is 102 cm³/mol. The number of imidazole rings is 1. The third-order valence-corrected chi connectivity index (χ3v) is 5.31. The molecular formula is C20H19N3OS. The largest absolute Gasteiger partial charge is 0.337 e. The van der Waals surface area contributed by atoms with Crippen LogP contribution in [0.2, 0.25) is 0 Å². The number of carbonyl (C=O) groups excluding carboxylic acids is 1. The van der Waals surface area contributed by atoms with E-state index in [-0.39, 0.29) is 5.91 Å². The molecule has 25 heavy (non-hydrogen) atoms. The van der Waals surface area contributed by atoms with Gasteiger partial charge in [0.1, 0.15) is 0 Å². The fraction of sp³-hybridized carbons (Fsp3) is 0.200. The van der Waals surface area contributed by atoms with Gasteiger partial charge in [0.05, 0.1) is 5.41 Å². The van der Waals surface area contributed by atoms with Crippen LogP contribution in [-0.2, 0) is 10.2 Å². The molecule has 0 bridgehead atoms. The van der Waals surface area contributed by atoms with E-state index in [1.807, 2.05) is 65.4 Å². The summed E-state index contributed by atoms with van der Waals surface area (Å²) >= 11 is 5.27. The maximum atomic E-state index is 13.0. The smallest absolute Gasteiger partial charge is 0.235 e. The molecule has 1 heterocycles. The number of anilines is 1. The summed E-state index contributed by atoms with van der Waals surface area (Å²) in [4.78, 5) is 16.0. The van der Waals surface area contributed by atoms with Crippen LogP contribution in [0.3, 0.4) is 0 Å². The van der Waals surface area contributed by atoms with E-state index < -0.39 is 5.41 Å². The Balaban J connectivity index is 1.61. The molecule has 3 aromatic rings. The number of hydrogen-bond donors (Lipinski definition) is 2. The summed E-state index contributed by atoms with van der Waals surface area (Å²) in [6, 6.07) is 17.8. The summed E-state index contributed by atoms with van der Waals surface area (Å²) in [7, 11) is 0. The maximum absolute atomic E-state index is 13.0. The standard InChI is InChI=1S/C20H19N3OS/c24-18(20(10-5-11-20)15-6-2-1-3-7-15)22-16-8-4-9-17(14-16)23-13-12-21-19(23)25/h1-4,6-9,12-14H,5,10-11H2,(H,21,25)(H,22,24). The number of benzene rings is 2. The van der Waals surface area contributed by atoms with Gasteiger partial charge in [-0.1, -0.05) is 42.8 Å². The molecule has 4 nitrogen and oxygen atoms in total. The molecule has 0 spiro atoms.